The molecule has 0 bridgehead atoms. The molecular weight excluding hydrogens is 492 g/mol. The summed E-state index contributed by atoms with van der Waals surface area (Å²) in [4.78, 5) is 6.88. The highest BCUT2D eigenvalue weighted by Gasteiger charge is 2.43. The molecule has 7 heteroatoms. The second kappa shape index (κ2) is 10.5. The molecule has 5 rings (SSSR count). The van der Waals surface area contributed by atoms with Gasteiger partial charge in [-0.2, -0.15) is 0 Å². The maximum Gasteiger partial charge on any atom is 0.174 e. The summed E-state index contributed by atoms with van der Waals surface area (Å²) in [6.45, 7) is 8.77. The Morgan fingerprint density at radius 3 is 2.47 bits per heavy atom. The number of methoxy groups -OCH3 is 2. The molecule has 1 saturated heterocycles. The molecule has 0 spiro atoms. The van der Waals surface area contributed by atoms with E-state index >= 15 is 0 Å². The van der Waals surface area contributed by atoms with Crippen LogP contribution in [0, 0.1) is 20.8 Å². The van der Waals surface area contributed by atoms with Gasteiger partial charge in [0.25, 0.3) is 0 Å². The third-order valence-corrected chi connectivity index (χ3v) is 7.77. The van der Waals surface area contributed by atoms with E-state index < -0.39 is 0 Å². The fourth-order valence-corrected chi connectivity index (χ4v) is 6.01. The standard InChI is InChI=1S/C31H34N4O2S/c1-7-22-12-10-11-19(2)29(22)34-20(3)17-24(21(34)4)30-28(25-13-8-9-16-32-25)33-31(38)35(30)26-18-23(36-5)14-15-27(26)37-6/h8-18,28,30H,7H2,1-6H3,(H,33,38)/t28-,30-/m1/s1. The van der Waals surface area contributed by atoms with Crippen molar-refractivity contribution < 1.29 is 9.47 Å². The number of ether oxygens (including phenoxy) is 2. The summed E-state index contributed by atoms with van der Waals surface area (Å²) in [6.07, 6.45) is 2.79. The topological polar surface area (TPSA) is 51.6 Å². The van der Waals surface area contributed by atoms with Crippen molar-refractivity contribution in [3.8, 4) is 17.2 Å². The van der Waals surface area contributed by atoms with Crippen molar-refractivity contribution in [2.75, 3.05) is 19.1 Å². The number of pyridine rings is 1. The number of anilines is 1. The third kappa shape index (κ3) is 4.31. The Balaban J connectivity index is 1.75. The minimum absolute atomic E-state index is 0.156. The first kappa shape index (κ1) is 25.8. The quantitative estimate of drug-likeness (QED) is 0.276. The number of para-hydroxylation sites is 1. The van der Waals surface area contributed by atoms with Gasteiger partial charge in [-0.25, -0.2) is 0 Å². The molecule has 2 aromatic carbocycles. The Kier molecular flexibility index (Phi) is 7.13. The second-order valence-corrected chi connectivity index (χ2v) is 10.0. The number of hydrogen-bond acceptors (Lipinski definition) is 4. The van der Waals surface area contributed by atoms with Crippen molar-refractivity contribution in [3.63, 3.8) is 0 Å². The van der Waals surface area contributed by atoms with Crippen molar-refractivity contribution in [1.29, 1.82) is 0 Å². The van der Waals surface area contributed by atoms with E-state index in [2.05, 4.69) is 72.8 Å². The summed E-state index contributed by atoms with van der Waals surface area (Å²) in [5, 5.41) is 4.19. The summed E-state index contributed by atoms with van der Waals surface area (Å²) in [5.74, 6) is 1.46. The van der Waals surface area contributed by atoms with Gasteiger partial charge in [0.1, 0.15) is 11.5 Å². The lowest BCUT2D eigenvalue weighted by Crippen LogP contribution is -2.30. The smallest absolute Gasteiger partial charge is 0.174 e. The first-order chi connectivity index (χ1) is 18.4. The van der Waals surface area contributed by atoms with E-state index in [0.717, 1.165) is 29.3 Å². The van der Waals surface area contributed by atoms with Crippen LogP contribution in [0.1, 0.15) is 52.8 Å². The summed E-state index contributed by atoms with van der Waals surface area (Å²) >= 11 is 5.98. The number of nitrogens with zero attached hydrogens (tertiary/aromatic N) is 3. The maximum absolute atomic E-state index is 5.98. The van der Waals surface area contributed by atoms with Crippen molar-refractivity contribution >= 4 is 23.0 Å². The van der Waals surface area contributed by atoms with Gasteiger partial charge in [-0.3, -0.25) is 4.98 Å². The molecular formula is C31H34N4O2S. The van der Waals surface area contributed by atoms with Crippen LogP contribution in [0.3, 0.4) is 0 Å². The Labute approximate surface area is 230 Å². The minimum Gasteiger partial charge on any atom is -0.497 e. The van der Waals surface area contributed by atoms with Crippen LogP contribution in [0.4, 0.5) is 5.69 Å². The van der Waals surface area contributed by atoms with Gasteiger partial charge in [0, 0.05) is 23.7 Å². The minimum atomic E-state index is -0.160. The average Bonchev–Trinajstić information content (AvgIpc) is 3.43. The SMILES string of the molecule is CCc1cccc(C)c1-n1c(C)cc([C@@H]2[C@@H](c3ccccn3)NC(=S)N2c2cc(OC)ccc2OC)c1C. The van der Waals surface area contributed by atoms with Gasteiger partial charge in [-0.1, -0.05) is 31.2 Å². The van der Waals surface area contributed by atoms with Crippen LogP contribution in [-0.4, -0.2) is 28.9 Å². The van der Waals surface area contributed by atoms with E-state index in [9.17, 15) is 0 Å². The second-order valence-electron chi connectivity index (χ2n) is 9.63. The fraction of sp³-hybridized carbons (Fsp3) is 0.290. The summed E-state index contributed by atoms with van der Waals surface area (Å²) < 4.78 is 13.8. The monoisotopic (exact) mass is 526 g/mol. The zero-order chi connectivity index (χ0) is 27.0. The molecule has 1 fully saturated rings. The van der Waals surface area contributed by atoms with Gasteiger partial charge >= 0.3 is 0 Å². The summed E-state index contributed by atoms with van der Waals surface area (Å²) in [6, 6.07) is 20.3. The average molecular weight is 527 g/mol. The van der Waals surface area contributed by atoms with Crippen molar-refractivity contribution in [2.45, 2.75) is 46.2 Å². The number of nitrogens with one attached hydrogen (secondary N) is 1. The van der Waals surface area contributed by atoms with Crippen molar-refractivity contribution in [3.05, 3.63) is 101 Å². The molecule has 3 heterocycles. The molecule has 1 aliphatic rings. The fourth-order valence-electron chi connectivity index (χ4n) is 5.67. The van der Waals surface area contributed by atoms with Crippen LogP contribution in [0.25, 0.3) is 5.69 Å². The molecule has 4 aromatic rings. The number of benzene rings is 2. The van der Waals surface area contributed by atoms with E-state index in [1.807, 2.05) is 36.5 Å². The van der Waals surface area contributed by atoms with Crippen LogP contribution in [0.5, 0.6) is 11.5 Å². The van der Waals surface area contributed by atoms with Gasteiger partial charge in [-0.15, -0.1) is 0 Å². The Morgan fingerprint density at radius 1 is 0.974 bits per heavy atom. The predicted molar refractivity (Wildman–Crippen MR) is 157 cm³/mol. The molecule has 1 N–H and O–H groups in total. The number of hydrogen-bond donors (Lipinski definition) is 1. The molecule has 6 nitrogen and oxygen atoms in total. The van der Waals surface area contributed by atoms with Gasteiger partial charge in [-0.05, 0) is 86.4 Å². The molecule has 1 aliphatic heterocycles. The molecule has 0 aliphatic carbocycles. The van der Waals surface area contributed by atoms with Crippen LogP contribution in [-0.2, 0) is 6.42 Å². The number of rotatable bonds is 7. The lowest BCUT2D eigenvalue weighted by atomic mass is 9.96. The molecule has 2 aromatic heterocycles. The number of aryl methyl sites for hydroxylation is 3. The zero-order valence-corrected chi connectivity index (χ0v) is 23.6. The van der Waals surface area contributed by atoms with Crippen molar-refractivity contribution in [2.24, 2.45) is 0 Å². The predicted octanol–water partition coefficient (Wildman–Crippen LogP) is 6.55. The van der Waals surface area contributed by atoms with E-state index in [1.165, 1.54) is 33.8 Å². The van der Waals surface area contributed by atoms with E-state index in [-0.39, 0.29) is 12.1 Å². The summed E-state index contributed by atoms with van der Waals surface area (Å²) in [7, 11) is 3.35. The van der Waals surface area contributed by atoms with E-state index in [1.54, 1.807) is 14.2 Å². The molecule has 0 amide bonds. The molecule has 196 valence electrons. The van der Waals surface area contributed by atoms with Gasteiger partial charge in [0.15, 0.2) is 5.11 Å². The van der Waals surface area contributed by atoms with Crippen LogP contribution in [0.2, 0.25) is 0 Å². The van der Waals surface area contributed by atoms with Crippen LogP contribution >= 0.6 is 12.2 Å². The van der Waals surface area contributed by atoms with Gasteiger partial charge in [0.2, 0.25) is 0 Å². The third-order valence-electron chi connectivity index (χ3n) is 7.46. The maximum atomic E-state index is 5.98. The van der Waals surface area contributed by atoms with E-state index in [0.29, 0.717) is 5.11 Å². The first-order valence-corrected chi connectivity index (χ1v) is 13.3. The highest BCUT2D eigenvalue weighted by atomic mass is 32.1. The molecule has 0 radical (unpaired) electrons. The number of thiocarbonyl (C=S) groups is 1. The molecule has 38 heavy (non-hydrogen) atoms. The highest BCUT2D eigenvalue weighted by molar-refractivity contribution is 7.80. The van der Waals surface area contributed by atoms with Gasteiger partial charge in [0.05, 0.1) is 43.4 Å². The molecule has 0 unspecified atom stereocenters. The molecule has 2 atom stereocenters. The first-order valence-electron chi connectivity index (χ1n) is 12.9. The Bertz CT molecular complexity index is 1480. The van der Waals surface area contributed by atoms with Crippen LogP contribution < -0.4 is 19.7 Å². The molecule has 0 saturated carbocycles. The zero-order valence-electron chi connectivity index (χ0n) is 22.8. The Hall–Kier alpha value is -3.84. The van der Waals surface area contributed by atoms with E-state index in [4.69, 9.17) is 26.7 Å². The van der Waals surface area contributed by atoms with Crippen molar-refractivity contribution in [1.82, 2.24) is 14.9 Å². The van der Waals surface area contributed by atoms with Crippen LogP contribution in [0.15, 0.2) is 66.9 Å². The Morgan fingerprint density at radius 2 is 1.79 bits per heavy atom. The highest BCUT2D eigenvalue weighted by Crippen LogP contribution is 2.47. The normalized spacial score (nSPS) is 17.0. The van der Waals surface area contributed by atoms with Gasteiger partial charge < -0.3 is 24.3 Å². The lowest BCUT2D eigenvalue weighted by Gasteiger charge is -2.29. The largest absolute Gasteiger partial charge is 0.497 e. The lowest BCUT2D eigenvalue weighted by molar-refractivity contribution is 0.403. The number of aromatic nitrogens is 2. The summed E-state index contributed by atoms with van der Waals surface area (Å²) in [5.41, 5.74) is 9.15.